The highest BCUT2D eigenvalue weighted by molar-refractivity contribution is 8.17. The van der Waals surface area contributed by atoms with Gasteiger partial charge in [-0.3, -0.25) is 4.99 Å². The standard InChI is InChI=1S/C15H13ClN2S2/c1-2-12-14(18-5-4-17-15(18)20-12)11-7-9(16)8-13-10(11)3-6-19-13/h3,6-8H,2,4-5H2,1H3. The number of amidine groups is 1. The molecule has 0 aliphatic carbocycles. The van der Waals surface area contributed by atoms with Crippen LogP contribution in [0.15, 0.2) is 33.5 Å². The van der Waals surface area contributed by atoms with E-state index in [1.807, 2.05) is 11.8 Å². The summed E-state index contributed by atoms with van der Waals surface area (Å²) in [6, 6.07) is 6.35. The van der Waals surface area contributed by atoms with Gasteiger partial charge in [-0.1, -0.05) is 30.3 Å². The predicted octanol–water partition coefficient (Wildman–Crippen LogP) is 5.05. The maximum atomic E-state index is 6.32. The molecule has 0 amide bonds. The van der Waals surface area contributed by atoms with Gasteiger partial charge in [0.15, 0.2) is 5.17 Å². The fourth-order valence-electron chi connectivity index (χ4n) is 2.80. The number of rotatable bonds is 2. The molecular weight excluding hydrogens is 308 g/mol. The average molecular weight is 321 g/mol. The first-order valence-corrected chi connectivity index (χ1v) is 8.75. The molecule has 4 rings (SSSR count). The van der Waals surface area contributed by atoms with Crippen LogP contribution in [0.4, 0.5) is 0 Å². The highest BCUT2D eigenvalue weighted by Gasteiger charge is 2.32. The Kier molecular flexibility index (Phi) is 3.05. The van der Waals surface area contributed by atoms with Gasteiger partial charge < -0.3 is 4.90 Å². The summed E-state index contributed by atoms with van der Waals surface area (Å²) in [5.41, 5.74) is 2.57. The Morgan fingerprint density at radius 3 is 3.15 bits per heavy atom. The molecule has 0 saturated carbocycles. The van der Waals surface area contributed by atoms with Gasteiger partial charge in [-0.2, -0.15) is 0 Å². The van der Waals surface area contributed by atoms with Gasteiger partial charge in [-0.15, -0.1) is 11.3 Å². The maximum absolute atomic E-state index is 6.32. The van der Waals surface area contributed by atoms with E-state index in [0.29, 0.717) is 0 Å². The van der Waals surface area contributed by atoms with Crippen LogP contribution >= 0.6 is 34.7 Å². The molecule has 2 nitrogen and oxygen atoms in total. The van der Waals surface area contributed by atoms with Crippen molar-refractivity contribution in [2.24, 2.45) is 4.99 Å². The van der Waals surface area contributed by atoms with Crippen molar-refractivity contribution in [3.8, 4) is 0 Å². The van der Waals surface area contributed by atoms with Crippen molar-refractivity contribution in [1.29, 1.82) is 0 Å². The number of halogens is 1. The molecule has 2 aliphatic heterocycles. The maximum Gasteiger partial charge on any atom is 0.168 e. The van der Waals surface area contributed by atoms with Crippen LogP contribution in [-0.2, 0) is 0 Å². The van der Waals surface area contributed by atoms with Crippen LogP contribution in [-0.4, -0.2) is 23.2 Å². The summed E-state index contributed by atoms with van der Waals surface area (Å²) >= 11 is 9.88. The molecule has 0 saturated heterocycles. The summed E-state index contributed by atoms with van der Waals surface area (Å²) in [7, 11) is 0. The number of hydrogen-bond donors (Lipinski definition) is 0. The van der Waals surface area contributed by atoms with E-state index in [2.05, 4.69) is 40.4 Å². The molecule has 20 heavy (non-hydrogen) atoms. The summed E-state index contributed by atoms with van der Waals surface area (Å²) in [4.78, 5) is 8.35. The highest BCUT2D eigenvalue weighted by atomic mass is 35.5. The molecule has 0 N–H and O–H groups in total. The second-order valence-corrected chi connectivity index (χ2v) is 7.28. The van der Waals surface area contributed by atoms with Crippen molar-refractivity contribution in [1.82, 2.24) is 4.90 Å². The second kappa shape index (κ2) is 4.79. The van der Waals surface area contributed by atoms with Crippen molar-refractivity contribution >= 4 is 55.7 Å². The highest BCUT2D eigenvalue weighted by Crippen LogP contribution is 2.45. The van der Waals surface area contributed by atoms with Gasteiger partial charge in [0.1, 0.15) is 0 Å². The third kappa shape index (κ3) is 1.82. The van der Waals surface area contributed by atoms with Crippen molar-refractivity contribution in [2.45, 2.75) is 13.3 Å². The van der Waals surface area contributed by atoms with Gasteiger partial charge >= 0.3 is 0 Å². The van der Waals surface area contributed by atoms with Gasteiger partial charge in [-0.25, -0.2) is 0 Å². The molecule has 2 aromatic rings. The molecule has 0 unspecified atom stereocenters. The quantitative estimate of drug-likeness (QED) is 0.769. The summed E-state index contributed by atoms with van der Waals surface area (Å²) in [5.74, 6) is 0. The molecule has 2 aliphatic rings. The fourth-order valence-corrected chi connectivity index (χ4v) is 5.06. The largest absolute Gasteiger partial charge is 0.318 e. The predicted molar refractivity (Wildman–Crippen MR) is 90.6 cm³/mol. The van der Waals surface area contributed by atoms with E-state index in [4.69, 9.17) is 11.6 Å². The Labute approximate surface area is 131 Å². The van der Waals surface area contributed by atoms with E-state index in [1.165, 1.54) is 26.3 Å². The second-order valence-electron chi connectivity index (χ2n) is 4.83. The van der Waals surface area contributed by atoms with Crippen LogP contribution in [0, 0.1) is 0 Å². The lowest BCUT2D eigenvalue weighted by Gasteiger charge is -2.18. The normalized spacial score (nSPS) is 18.1. The Bertz CT molecular complexity index is 760. The average Bonchev–Trinajstić information content (AvgIpc) is 3.11. The molecule has 5 heteroatoms. The topological polar surface area (TPSA) is 15.6 Å². The lowest BCUT2D eigenvalue weighted by molar-refractivity contribution is 0.647. The van der Waals surface area contributed by atoms with Crippen molar-refractivity contribution < 1.29 is 0 Å². The molecular formula is C15H13ClN2S2. The van der Waals surface area contributed by atoms with E-state index in [1.54, 1.807) is 11.3 Å². The molecule has 102 valence electrons. The van der Waals surface area contributed by atoms with Crippen LogP contribution in [0.1, 0.15) is 18.9 Å². The van der Waals surface area contributed by atoms with E-state index >= 15 is 0 Å². The first-order chi connectivity index (χ1) is 9.78. The number of thiophene rings is 1. The van der Waals surface area contributed by atoms with Gasteiger partial charge in [0.2, 0.25) is 0 Å². The van der Waals surface area contributed by atoms with Crippen LogP contribution < -0.4 is 0 Å². The monoisotopic (exact) mass is 320 g/mol. The van der Waals surface area contributed by atoms with E-state index in [-0.39, 0.29) is 0 Å². The Balaban J connectivity index is 1.97. The Hall–Kier alpha value is -0.970. The van der Waals surface area contributed by atoms with Crippen LogP contribution in [0.5, 0.6) is 0 Å². The molecule has 1 aromatic carbocycles. The molecule has 0 radical (unpaired) electrons. The SMILES string of the molecule is CCC1=C(c2cc(Cl)cc3sccc23)N2CCN=C2S1. The lowest BCUT2D eigenvalue weighted by atomic mass is 10.1. The van der Waals surface area contributed by atoms with E-state index in [9.17, 15) is 0 Å². The van der Waals surface area contributed by atoms with Gasteiger partial charge in [0, 0.05) is 32.1 Å². The molecule has 0 atom stereocenters. The van der Waals surface area contributed by atoms with Crippen molar-refractivity contribution in [3.05, 3.63) is 39.1 Å². The number of fused-ring (bicyclic) bond motifs is 2. The minimum Gasteiger partial charge on any atom is -0.318 e. The zero-order chi connectivity index (χ0) is 13.7. The molecule has 0 fully saturated rings. The van der Waals surface area contributed by atoms with Crippen LogP contribution in [0.25, 0.3) is 15.8 Å². The number of aliphatic imine (C=N–C) groups is 1. The number of benzene rings is 1. The number of nitrogens with zero attached hydrogens (tertiary/aromatic N) is 2. The zero-order valence-electron chi connectivity index (χ0n) is 11.0. The van der Waals surface area contributed by atoms with Crippen LogP contribution in [0.2, 0.25) is 5.02 Å². The van der Waals surface area contributed by atoms with E-state index in [0.717, 1.165) is 29.7 Å². The van der Waals surface area contributed by atoms with Crippen molar-refractivity contribution in [3.63, 3.8) is 0 Å². The smallest absolute Gasteiger partial charge is 0.168 e. The third-order valence-corrected chi connectivity index (χ3v) is 6.01. The van der Waals surface area contributed by atoms with Gasteiger partial charge in [-0.05, 0) is 30.0 Å². The third-order valence-electron chi connectivity index (χ3n) is 3.66. The Morgan fingerprint density at radius 1 is 1.40 bits per heavy atom. The summed E-state index contributed by atoms with van der Waals surface area (Å²) < 4.78 is 1.25. The minimum atomic E-state index is 0.812. The van der Waals surface area contributed by atoms with E-state index < -0.39 is 0 Å². The zero-order valence-corrected chi connectivity index (χ0v) is 13.4. The van der Waals surface area contributed by atoms with Gasteiger partial charge in [0.05, 0.1) is 12.2 Å². The minimum absolute atomic E-state index is 0.812. The first-order valence-electron chi connectivity index (χ1n) is 6.68. The number of hydrogen-bond acceptors (Lipinski definition) is 4. The molecule has 3 heterocycles. The molecule has 0 bridgehead atoms. The summed E-state index contributed by atoms with van der Waals surface area (Å²) in [6.45, 7) is 4.09. The molecule has 1 aromatic heterocycles. The molecule has 0 spiro atoms. The number of allylic oxidation sites excluding steroid dienone is 1. The number of thioether (sulfide) groups is 1. The fraction of sp³-hybridized carbons (Fsp3) is 0.267. The van der Waals surface area contributed by atoms with Crippen molar-refractivity contribution in [2.75, 3.05) is 13.1 Å². The summed E-state index contributed by atoms with van der Waals surface area (Å²) in [5, 5.41) is 5.40. The first kappa shape index (κ1) is 12.7. The van der Waals surface area contributed by atoms with Crippen LogP contribution in [0.3, 0.4) is 0 Å². The summed E-state index contributed by atoms with van der Waals surface area (Å²) in [6.07, 6.45) is 1.04. The Morgan fingerprint density at radius 2 is 2.30 bits per heavy atom. The lowest BCUT2D eigenvalue weighted by Crippen LogP contribution is -2.20. The van der Waals surface area contributed by atoms with Gasteiger partial charge in [0.25, 0.3) is 0 Å².